The van der Waals surface area contributed by atoms with Crippen molar-refractivity contribution in [2.75, 3.05) is 25.1 Å². The summed E-state index contributed by atoms with van der Waals surface area (Å²) in [5.41, 5.74) is 11.5. The number of amides is 2. The summed E-state index contributed by atoms with van der Waals surface area (Å²) in [6.07, 6.45) is 40.4. The van der Waals surface area contributed by atoms with Crippen molar-refractivity contribution < 1.29 is 24.2 Å². The zero-order chi connectivity index (χ0) is 67.7. The second-order valence-electron chi connectivity index (χ2n) is 29.6. The van der Waals surface area contributed by atoms with E-state index in [0.717, 1.165) is 85.9 Å². The molecule has 2 amide bonds. The quantitative estimate of drug-likeness (QED) is 0.0518. The van der Waals surface area contributed by atoms with Crippen molar-refractivity contribution in [3.05, 3.63) is 109 Å². The molecular weight excluding hydrogens is 1180 g/mol. The summed E-state index contributed by atoms with van der Waals surface area (Å²) in [6, 6.07) is 6.01. The SMILES string of the molecule is C1=NC12CC2.C=C(C(C)CC)N(c1cccc(Cl)c1C(=O)C(C)CC)C1CC=C(C(CCC)CCCCC)C=C1C.CC1CCCC1.CCC(C)=CSC(C1=CC=C(CNC(=O)CCC(O)CNC(=O)CC23CC(C)CC4CC(C2)C43)CC1)=C(C)C.CCC(C)OC. The minimum atomic E-state index is -0.696. The number of Topliss-reactive ketones (excluding diaryl/α,β-unsaturated/α-hetero) is 1. The van der Waals surface area contributed by atoms with Crippen LogP contribution >= 0.6 is 23.4 Å². The predicted octanol–water partition coefficient (Wildman–Crippen LogP) is 21.6. The molecule has 5 saturated carbocycles. The van der Waals surface area contributed by atoms with Gasteiger partial charge >= 0.3 is 0 Å². The summed E-state index contributed by atoms with van der Waals surface area (Å²) < 4.78 is 4.90. The number of anilines is 1. The number of aliphatic hydroxyl groups excluding tert-OH is 1. The van der Waals surface area contributed by atoms with Crippen LogP contribution in [0.3, 0.4) is 0 Å². The lowest BCUT2D eigenvalue weighted by Gasteiger charge is -2.70. The van der Waals surface area contributed by atoms with Gasteiger partial charge in [0.1, 0.15) is 0 Å². The minimum Gasteiger partial charge on any atom is -0.391 e. The van der Waals surface area contributed by atoms with Crippen LogP contribution in [0, 0.1) is 52.8 Å². The zero-order valence-corrected chi connectivity index (χ0v) is 62.4. The highest BCUT2D eigenvalue weighted by atomic mass is 35.5. The maximum absolute atomic E-state index is 13.5. The van der Waals surface area contributed by atoms with E-state index in [-0.39, 0.29) is 47.9 Å². The number of methoxy groups -OCH3 is 1. The fourth-order valence-electron chi connectivity index (χ4n) is 14.8. The van der Waals surface area contributed by atoms with Crippen LogP contribution in [-0.4, -0.2) is 72.9 Å². The molecule has 5 fully saturated rings. The molecular formula is C81H129ClN4O5S. The van der Waals surface area contributed by atoms with Crippen molar-refractivity contribution in [3.63, 3.8) is 0 Å². The highest BCUT2D eigenvalue weighted by molar-refractivity contribution is 8.06. The number of allylic oxidation sites excluding steroid dienone is 8. The largest absolute Gasteiger partial charge is 0.391 e. The van der Waals surface area contributed by atoms with Gasteiger partial charge < -0.3 is 25.4 Å². The number of carbonyl (C=O) groups excluding carboxylic acids is 3. The van der Waals surface area contributed by atoms with Crippen molar-refractivity contribution in [3.8, 4) is 0 Å². The van der Waals surface area contributed by atoms with Crippen molar-refractivity contribution >= 4 is 52.9 Å². The Kier molecular flexibility index (Phi) is 33.6. The van der Waals surface area contributed by atoms with E-state index in [4.69, 9.17) is 16.3 Å². The van der Waals surface area contributed by atoms with Gasteiger partial charge in [-0.25, -0.2) is 0 Å². The van der Waals surface area contributed by atoms with Gasteiger partial charge in [-0.2, -0.15) is 0 Å². The number of hydrogen-bond acceptors (Lipinski definition) is 8. The van der Waals surface area contributed by atoms with E-state index in [1.165, 1.54) is 141 Å². The number of halogens is 1. The first-order chi connectivity index (χ1) is 43.9. The molecule has 11 heteroatoms. The lowest BCUT2D eigenvalue weighted by molar-refractivity contribution is -0.210. The number of rotatable bonds is 30. The summed E-state index contributed by atoms with van der Waals surface area (Å²) in [4.78, 5) is 46.3. The Bertz CT molecular complexity index is 2750. The molecule has 9 nitrogen and oxygen atoms in total. The number of aliphatic imine (C=N–C) groups is 1. The second kappa shape index (κ2) is 39.3. The standard InChI is InChI=1S/C33H50ClNO.C33H50N2O3S.C6H12.C5H12O.C4H5N/c1-9-13-14-17-27(16-10-2)28-20-21-30(25(7)22-28)35(26(8)23(5)11-3)31-19-15-18-29(34)32(31)33(36)24(6)12-4;1-6-22(4)20-39-32(21(2)3)25-9-7-24(8-10-25)18-34-29(37)12-11-28(36)19-35-30(38)17-33-15-23(5)13-26-14-27(16-33)31(26)33;1-6-4-2-3-5-6;1-4-5(2)6-3;1-2-4(1)3-5-4/h15,18-20,22-24,27,30H,8-14,16-17,21H2,1-7H3;7,9,20,23,26-28,31,36H,6,8,10-19H2,1-5H3,(H,34,37)(H,35,38);6H,2-5H2,1H3;5H,4H2,1-3H3;3H,1-2H2. The summed E-state index contributed by atoms with van der Waals surface area (Å²) in [7, 11) is 1.73. The third kappa shape index (κ3) is 24.0. The van der Waals surface area contributed by atoms with E-state index in [0.29, 0.717) is 53.5 Å². The molecule has 1 heterocycles. The van der Waals surface area contributed by atoms with Gasteiger partial charge in [-0.05, 0) is 213 Å². The highest BCUT2D eigenvalue weighted by Gasteiger charge is 2.65. The normalized spacial score (nSPS) is 24.4. The van der Waals surface area contributed by atoms with E-state index < -0.39 is 6.10 Å². The molecule has 1 spiro atoms. The Labute approximate surface area is 571 Å². The Morgan fingerprint density at radius 2 is 1.58 bits per heavy atom. The van der Waals surface area contributed by atoms with Crippen LogP contribution in [-0.2, 0) is 14.3 Å². The minimum absolute atomic E-state index is 0.0524. The van der Waals surface area contributed by atoms with Crippen molar-refractivity contribution in [1.29, 1.82) is 0 Å². The fraction of sp³-hybridized carbons (Fsp3) is 0.704. The molecule has 1 aliphatic heterocycles. The molecule has 7 aliphatic carbocycles. The van der Waals surface area contributed by atoms with E-state index in [2.05, 4.69) is 160 Å². The van der Waals surface area contributed by atoms with Crippen LogP contribution in [0.25, 0.3) is 0 Å². The van der Waals surface area contributed by atoms with Crippen LogP contribution in [0.1, 0.15) is 281 Å². The first-order valence-corrected chi connectivity index (χ1v) is 38.1. The van der Waals surface area contributed by atoms with E-state index in [1.54, 1.807) is 7.11 Å². The number of unbranched alkanes of at least 4 members (excludes halogenated alkanes) is 2. The van der Waals surface area contributed by atoms with Gasteiger partial charge in [0.2, 0.25) is 11.8 Å². The van der Waals surface area contributed by atoms with Crippen molar-refractivity contribution in [2.45, 2.75) is 295 Å². The highest BCUT2D eigenvalue weighted by Crippen LogP contribution is 2.72. The summed E-state index contributed by atoms with van der Waals surface area (Å²) in [5, 5.41) is 19.1. The van der Waals surface area contributed by atoms with Gasteiger partial charge in [-0.1, -0.05) is 203 Å². The third-order valence-corrected chi connectivity index (χ3v) is 23.4. The van der Waals surface area contributed by atoms with Gasteiger partial charge in [-0.3, -0.25) is 19.4 Å². The summed E-state index contributed by atoms with van der Waals surface area (Å²) in [5.74, 6) is 5.25. The van der Waals surface area contributed by atoms with E-state index in [1.807, 2.05) is 37.0 Å². The number of nitrogens with one attached hydrogen (secondary N) is 2. The predicted molar refractivity (Wildman–Crippen MR) is 396 cm³/mol. The lowest BCUT2D eigenvalue weighted by atomic mass is 9.35. The number of benzene rings is 1. The first-order valence-electron chi connectivity index (χ1n) is 36.8. The van der Waals surface area contributed by atoms with Gasteiger partial charge in [-0.15, -0.1) is 0 Å². The van der Waals surface area contributed by atoms with Crippen LogP contribution < -0.4 is 15.5 Å². The van der Waals surface area contributed by atoms with Crippen molar-refractivity contribution in [1.82, 2.24) is 10.6 Å². The monoisotopic (exact) mass is 1300 g/mol. The molecule has 0 aromatic heterocycles. The summed E-state index contributed by atoms with van der Waals surface area (Å²) >= 11 is 8.54. The molecule has 11 unspecified atom stereocenters. The number of aliphatic hydroxyl groups is 1. The number of ketones is 1. The van der Waals surface area contributed by atoms with Crippen LogP contribution in [0.5, 0.6) is 0 Å². The van der Waals surface area contributed by atoms with Gasteiger partial charge in [0, 0.05) is 55.8 Å². The molecule has 0 saturated heterocycles. The second-order valence-corrected chi connectivity index (χ2v) is 30.9. The maximum atomic E-state index is 13.5. The fourth-order valence-corrected chi connectivity index (χ4v) is 16.1. The van der Waals surface area contributed by atoms with Crippen molar-refractivity contribution in [2.24, 2.45) is 57.8 Å². The molecule has 1 aromatic carbocycles. The zero-order valence-electron chi connectivity index (χ0n) is 60.8. The lowest BCUT2D eigenvalue weighted by Crippen LogP contribution is -2.63. The van der Waals surface area contributed by atoms with Gasteiger partial charge in [0.05, 0.1) is 40.1 Å². The van der Waals surface area contributed by atoms with Crippen LogP contribution in [0.15, 0.2) is 104 Å². The number of ether oxygens (including phenoxy) is 1. The molecule has 0 bridgehead atoms. The smallest absolute Gasteiger partial charge is 0.220 e. The maximum Gasteiger partial charge on any atom is 0.220 e. The molecule has 3 N–H and O–H groups in total. The average molecular weight is 1310 g/mol. The number of nitrogens with zero attached hydrogens (tertiary/aromatic N) is 2. The van der Waals surface area contributed by atoms with Gasteiger partial charge in [0.25, 0.3) is 0 Å². The first kappa shape index (κ1) is 78.7. The topological polar surface area (TPSA) is 120 Å². The molecule has 11 atom stereocenters. The van der Waals surface area contributed by atoms with Crippen LogP contribution in [0.2, 0.25) is 5.02 Å². The number of hydrogen-bond donors (Lipinski definition) is 3. The Balaban J connectivity index is 0.000000264. The Morgan fingerprint density at radius 3 is 2.10 bits per heavy atom. The molecule has 9 rings (SSSR count). The molecule has 8 aliphatic rings. The Morgan fingerprint density at radius 1 is 0.870 bits per heavy atom. The molecule has 1 aromatic rings. The third-order valence-electron chi connectivity index (χ3n) is 21.6. The molecule has 0 radical (unpaired) electrons. The number of thioether (sulfide) groups is 1. The van der Waals surface area contributed by atoms with Crippen LogP contribution in [0.4, 0.5) is 5.69 Å². The molecule has 92 heavy (non-hydrogen) atoms. The molecule has 516 valence electrons. The number of carbonyl (C=O) groups is 3. The van der Waals surface area contributed by atoms with E-state index in [9.17, 15) is 19.5 Å². The van der Waals surface area contributed by atoms with E-state index >= 15 is 0 Å². The summed E-state index contributed by atoms with van der Waals surface area (Å²) in [6.45, 7) is 38.2. The Hall–Kier alpha value is -3.96. The van der Waals surface area contributed by atoms with Gasteiger partial charge in [0.15, 0.2) is 5.78 Å². The average Bonchev–Trinajstić information content (AvgIpc) is 0.945.